The number of para-hydroxylation sites is 1. The van der Waals surface area contributed by atoms with Gasteiger partial charge >= 0.3 is 0 Å². The van der Waals surface area contributed by atoms with Gasteiger partial charge in [0.1, 0.15) is 0 Å². The molecule has 2 heterocycles. The maximum absolute atomic E-state index is 5.43. The number of hydrogen-bond acceptors (Lipinski definition) is 3. The normalized spacial score (nSPS) is 13.1. The first-order valence-electron chi connectivity index (χ1n) is 21.9. The molecule has 0 atom stereocenters. The maximum Gasteiger partial charge on any atom is 0.164 e. The van der Waals surface area contributed by atoms with E-state index in [-0.39, 0.29) is 0 Å². The molecule has 4 heteroatoms. The van der Waals surface area contributed by atoms with Crippen LogP contribution in [0.1, 0.15) is 22.3 Å². The standard InChI is InChI=1S/C60H36N4/c1-2-16-37(17-3-1)57-61-58(40-32-33-45-44-22-8-12-29-52(44)60(53(45)35-40)50-27-10-6-20-42(50)43-21-7-11-28-51(43)60)63-59(62-57)48-26-14-25-46-41(48)24-15-31-55(46)64-54-30-13-9-23-47(54)49-34-38-18-4-5-19-39(38)36-56(49)64/h1-36H. The van der Waals surface area contributed by atoms with Crippen molar-refractivity contribution in [3.8, 4) is 62.1 Å². The van der Waals surface area contributed by atoms with Gasteiger partial charge in [0.15, 0.2) is 17.5 Å². The Kier molecular flexibility index (Phi) is 7.29. The summed E-state index contributed by atoms with van der Waals surface area (Å²) in [7, 11) is 0. The van der Waals surface area contributed by atoms with Crippen molar-refractivity contribution in [3.63, 3.8) is 0 Å². The fourth-order valence-corrected chi connectivity index (χ4v) is 11.2. The lowest BCUT2D eigenvalue weighted by Gasteiger charge is -2.30. The van der Waals surface area contributed by atoms with Crippen molar-refractivity contribution < 1.29 is 0 Å². The smallest absolute Gasteiger partial charge is 0.164 e. The molecule has 2 aliphatic carbocycles. The zero-order valence-corrected chi connectivity index (χ0v) is 34.6. The Morgan fingerprint density at radius 2 is 0.828 bits per heavy atom. The Balaban J connectivity index is 0.995. The molecule has 0 aliphatic heterocycles. The molecule has 0 fully saturated rings. The zero-order chi connectivity index (χ0) is 41.9. The Morgan fingerprint density at radius 3 is 1.56 bits per heavy atom. The Hall–Kier alpha value is -8.47. The van der Waals surface area contributed by atoms with E-state index in [1.54, 1.807) is 0 Å². The minimum atomic E-state index is -0.474. The van der Waals surface area contributed by atoms with Crippen LogP contribution in [0.25, 0.3) is 105 Å². The van der Waals surface area contributed by atoms with Crippen LogP contribution >= 0.6 is 0 Å². The molecule has 0 radical (unpaired) electrons. The molecule has 10 aromatic carbocycles. The van der Waals surface area contributed by atoms with E-state index in [0.29, 0.717) is 17.5 Å². The van der Waals surface area contributed by atoms with Crippen LogP contribution < -0.4 is 0 Å². The highest BCUT2D eigenvalue weighted by Crippen LogP contribution is 2.63. The fraction of sp³-hybridized carbons (Fsp3) is 0.0167. The van der Waals surface area contributed by atoms with Gasteiger partial charge in [0.2, 0.25) is 0 Å². The predicted octanol–water partition coefficient (Wildman–Crippen LogP) is 14.6. The molecule has 12 aromatic rings. The molecule has 0 bridgehead atoms. The van der Waals surface area contributed by atoms with Crippen molar-refractivity contribution in [2.24, 2.45) is 0 Å². The lowest BCUT2D eigenvalue weighted by Crippen LogP contribution is -2.25. The van der Waals surface area contributed by atoms with Gasteiger partial charge in [0, 0.05) is 32.8 Å². The molecule has 0 amide bonds. The third-order valence-corrected chi connectivity index (χ3v) is 13.8. The summed E-state index contributed by atoms with van der Waals surface area (Å²) in [4.78, 5) is 16.0. The fourth-order valence-electron chi connectivity index (χ4n) is 11.2. The second kappa shape index (κ2) is 13.3. The predicted molar refractivity (Wildman–Crippen MR) is 262 cm³/mol. The molecule has 2 aliphatic rings. The first kappa shape index (κ1) is 35.2. The first-order valence-corrected chi connectivity index (χ1v) is 21.9. The number of rotatable bonds is 4. The summed E-state index contributed by atoms with van der Waals surface area (Å²) in [5.74, 6) is 1.91. The van der Waals surface area contributed by atoms with E-state index in [1.165, 1.54) is 77.1 Å². The van der Waals surface area contributed by atoms with Gasteiger partial charge in [0.25, 0.3) is 0 Å². The van der Waals surface area contributed by atoms with Crippen LogP contribution in [0.5, 0.6) is 0 Å². The lowest BCUT2D eigenvalue weighted by molar-refractivity contribution is 0.794. The van der Waals surface area contributed by atoms with Crippen LogP contribution in [0.15, 0.2) is 218 Å². The maximum atomic E-state index is 5.43. The van der Waals surface area contributed by atoms with E-state index < -0.39 is 5.41 Å². The van der Waals surface area contributed by atoms with Crippen LogP contribution in [0.3, 0.4) is 0 Å². The number of aromatic nitrogens is 4. The van der Waals surface area contributed by atoms with Crippen molar-refractivity contribution in [2.45, 2.75) is 5.41 Å². The van der Waals surface area contributed by atoms with Gasteiger partial charge in [-0.1, -0.05) is 188 Å². The highest BCUT2D eigenvalue weighted by molar-refractivity contribution is 6.15. The number of nitrogens with zero attached hydrogens (tertiary/aromatic N) is 4. The summed E-state index contributed by atoms with van der Waals surface area (Å²) in [6, 6.07) is 79.1. The Morgan fingerprint density at radius 1 is 0.297 bits per heavy atom. The van der Waals surface area contributed by atoms with E-state index in [1.807, 2.05) is 18.2 Å². The van der Waals surface area contributed by atoms with Crippen molar-refractivity contribution >= 4 is 43.4 Å². The van der Waals surface area contributed by atoms with Crippen molar-refractivity contribution in [1.29, 1.82) is 0 Å². The second-order valence-corrected chi connectivity index (χ2v) is 17.1. The van der Waals surface area contributed by atoms with Crippen molar-refractivity contribution in [3.05, 3.63) is 241 Å². The highest BCUT2D eigenvalue weighted by atomic mass is 15.0. The minimum absolute atomic E-state index is 0.474. The van der Waals surface area contributed by atoms with Gasteiger partial charge < -0.3 is 4.57 Å². The van der Waals surface area contributed by atoms with Crippen LogP contribution in [-0.2, 0) is 5.41 Å². The SMILES string of the molecule is c1ccc(-c2nc(-c3ccc4c(c3)C3(c5ccccc5-c5ccccc53)c3ccccc3-4)nc(-c3cccc4c(-n5c6ccccc6c6cc7ccccc7cc65)cccc34)n2)cc1. The van der Waals surface area contributed by atoms with Gasteiger partial charge in [-0.25, -0.2) is 15.0 Å². The van der Waals surface area contributed by atoms with Gasteiger partial charge in [-0.3, -0.25) is 0 Å². The highest BCUT2D eigenvalue weighted by Gasteiger charge is 2.51. The van der Waals surface area contributed by atoms with Crippen molar-refractivity contribution in [1.82, 2.24) is 19.5 Å². The molecule has 2 aromatic heterocycles. The van der Waals surface area contributed by atoms with Crippen LogP contribution in [-0.4, -0.2) is 19.5 Å². The summed E-state index contributed by atoms with van der Waals surface area (Å²) in [6.07, 6.45) is 0. The van der Waals surface area contributed by atoms with E-state index in [0.717, 1.165) is 33.2 Å². The third-order valence-electron chi connectivity index (χ3n) is 13.8. The number of benzene rings is 10. The summed E-state index contributed by atoms with van der Waals surface area (Å²) in [5.41, 5.74) is 16.1. The Labute approximate surface area is 369 Å². The van der Waals surface area contributed by atoms with Crippen molar-refractivity contribution in [2.75, 3.05) is 0 Å². The van der Waals surface area contributed by atoms with E-state index >= 15 is 0 Å². The quantitative estimate of drug-likeness (QED) is 0.178. The Bertz CT molecular complexity index is 3850. The molecule has 0 saturated carbocycles. The molecule has 296 valence electrons. The van der Waals surface area contributed by atoms with Crippen LogP contribution in [0, 0.1) is 0 Å². The minimum Gasteiger partial charge on any atom is -0.309 e. The average Bonchev–Trinajstić information content (AvgIpc) is 3.96. The van der Waals surface area contributed by atoms with E-state index in [9.17, 15) is 0 Å². The first-order chi connectivity index (χ1) is 31.7. The molecule has 0 N–H and O–H groups in total. The summed E-state index contributed by atoms with van der Waals surface area (Å²) in [6.45, 7) is 0. The topological polar surface area (TPSA) is 43.6 Å². The van der Waals surface area contributed by atoms with E-state index in [2.05, 4.69) is 205 Å². The van der Waals surface area contributed by atoms with Gasteiger partial charge in [-0.15, -0.1) is 0 Å². The van der Waals surface area contributed by atoms with Gasteiger partial charge in [-0.05, 0) is 91.0 Å². The lowest BCUT2D eigenvalue weighted by atomic mass is 9.70. The molecule has 14 rings (SSSR count). The number of hydrogen-bond donors (Lipinski definition) is 0. The van der Waals surface area contributed by atoms with E-state index in [4.69, 9.17) is 15.0 Å². The molecule has 64 heavy (non-hydrogen) atoms. The summed E-state index contributed by atoms with van der Waals surface area (Å²) in [5, 5.41) is 7.11. The second-order valence-electron chi connectivity index (χ2n) is 17.1. The zero-order valence-electron chi connectivity index (χ0n) is 34.6. The van der Waals surface area contributed by atoms with Crippen LogP contribution in [0.4, 0.5) is 0 Å². The average molecular weight is 813 g/mol. The number of fused-ring (bicyclic) bond motifs is 15. The van der Waals surface area contributed by atoms with Gasteiger partial charge in [-0.2, -0.15) is 0 Å². The largest absolute Gasteiger partial charge is 0.309 e. The molecule has 0 unspecified atom stereocenters. The molecule has 4 nitrogen and oxygen atoms in total. The molecule has 1 spiro atoms. The summed E-state index contributed by atoms with van der Waals surface area (Å²) < 4.78 is 2.43. The molecular weight excluding hydrogens is 777 g/mol. The van der Waals surface area contributed by atoms with Crippen LogP contribution in [0.2, 0.25) is 0 Å². The third kappa shape index (κ3) is 4.79. The molecule has 0 saturated heterocycles. The molecular formula is C60H36N4. The van der Waals surface area contributed by atoms with Gasteiger partial charge in [0.05, 0.1) is 22.1 Å². The summed E-state index contributed by atoms with van der Waals surface area (Å²) >= 11 is 0. The monoisotopic (exact) mass is 812 g/mol.